The zero-order valence-corrected chi connectivity index (χ0v) is 10.8. The molecule has 0 saturated carbocycles. The number of rotatable bonds is 2. The third-order valence-electron chi connectivity index (χ3n) is 2.49. The number of benzene rings is 1. The first-order valence-electron chi connectivity index (χ1n) is 5.22. The largest absolute Gasteiger partial charge is 0.328 e. The summed E-state index contributed by atoms with van der Waals surface area (Å²) >= 11 is 3.33. The topological polar surface area (TPSA) is 54.9 Å². The van der Waals surface area contributed by atoms with Crippen LogP contribution in [-0.4, -0.2) is 9.55 Å². The van der Waals surface area contributed by atoms with E-state index in [1.807, 2.05) is 24.3 Å². The Hall–Kier alpha value is -1.62. The van der Waals surface area contributed by atoms with E-state index in [0.717, 1.165) is 14.6 Å². The van der Waals surface area contributed by atoms with Crippen LogP contribution < -0.4 is 11.2 Å². The lowest BCUT2D eigenvalue weighted by Crippen LogP contribution is -2.34. The first-order valence-corrected chi connectivity index (χ1v) is 6.01. The second-order valence-corrected chi connectivity index (χ2v) is 4.49. The summed E-state index contributed by atoms with van der Waals surface area (Å²) in [7, 11) is 0. The molecule has 1 aromatic carbocycles. The summed E-state index contributed by atoms with van der Waals surface area (Å²) in [6, 6.07) is 8.84. The molecule has 5 heteroatoms. The fourth-order valence-corrected chi connectivity index (χ4v) is 1.87. The van der Waals surface area contributed by atoms with Gasteiger partial charge in [-0.25, -0.2) is 4.79 Å². The molecule has 0 radical (unpaired) electrons. The molecule has 17 heavy (non-hydrogen) atoms. The fourth-order valence-electron chi connectivity index (χ4n) is 1.60. The zero-order chi connectivity index (χ0) is 12.4. The first-order chi connectivity index (χ1) is 8.11. The maximum absolute atomic E-state index is 11.7. The molecule has 1 aromatic heterocycles. The van der Waals surface area contributed by atoms with Gasteiger partial charge in [0.2, 0.25) is 0 Å². The Balaban J connectivity index is 2.58. The van der Waals surface area contributed by atoms with Crippen LogP contribution in [0.3, 0.4) is 0 Å². The maximum atomic E-state index is 11.7. The summed E-state index contributed by atoms with van der Waals surface area (Å²) in [5.41, 5.74) is 0.690. The fraction of sp³-hybridized carbons (Fsp3) is 0.167. The highest BCUT2D eigenvalue weighted by Crippen LogP contribution is 2.17. The van der Waals surface area contributed by atoms with Crippen LogP contribution in [0.1, 0.15) is 6.92 Å². The van der Waals surface area contributed by atoms with E-state index in [2.05, 4.69) is 20.9 Å². The summed E-state index contributed by atoms with van der Waals surface area (Å²) in [5.74, 6) is 0. The lowest BCUT2D eigenvalue weighted by Gasteiger charge is -2.04. The van der Waals surface area contributed by atoms with Gasteiger partial charge in [-0.3, -0.25) is 9.36 Å². The van der Waals surface area contributed by atoms with E-state index < -0.39 is 0 Å². The maximum Gasteiger partial charge on any atom is 0.328 e. The second-order valence-electron chi connectivity index (χ2n) is 3.58. The van der Waals surface area contributed by atoms with Crippen molar-refractivity contribution >= 4 is 15.9 Å². The zero-order valence-electron chi connectivity index (χ0n) is 9.24. The molecule has 2 aromatic rings. The lowest BCUT2D eigenvalue weighted by molar-refractivity contribution is 0.674. The molecular formula is C12H11BrN2O2. The molecule has 1 N–H and O–H groups in total. The lowest BCUT2D eigenvalue weighted by atomic mass is 10.1. The third kappa shape index (κ3) is 2.39. The minimum Gasteiger partial charge on any atom is -0.307 e. The van der Waals surface area contributed by atoms with Gasteiger partial charge in [-0.1, -0.05) is 28.1 Å². The summed E-state index contributed by atoms with van der Waals surface area (Å²) in [6.45, 7) is 2.13. The number of H-pyrrole nitrogens is 1. The van der Waals surface area contributed by atoms with E-state index >= 15 is 0 Å². The number of nitrogens with one attached hydrogen (secondary N) is 1. The summed E-state index contributed by atoms with van der Waals surface area (Å²) < 4.78 is 2.10. The average Bonchev–Trinajstić information content (AvgIpc) is 2.29. The molecular weight excluding hydrogens is 284 g/mol. The Kier molecular flexibility index (Phi) is 3.28. The van der Waals surface area contributed by atoms with Gasteiger partial charge in [0, 0.05) is 17.1 Å². The van der Waals surface area contributed by atoms with Gasteiger partial charge in [-0.05, 0) is 24.6 Å². The molecule has 0 saturated heterocycles. The molecule has 0 fully saturated rings. The van der Waals surface area contributed by atoms with Gasteiger partial charge in [0.15, 0.2) is 0 Å². The second kappa shape index (κ2) is 4.71. The molecule has 0 unspecified atom stereocenters. The summed E-state index contributed by atoms with van der Waals surface area (Å²) in [5, 5.41) is 0. The Morgan fingerprint density at radius 2 is 1.88 bits per heavy atom. The number of nitrogens with zero attached hydrogens (tertiary/aromatic N) is 1. The molecule has 0 aliphatic rings. The normalized spacial score (nSPS) is 10.5. The number of aromatic nitrogens is 2. The molecule has 4 nitrogen and oxygen atoms in total. The standard InChI is InChI=1S/C12H11BrN2O2/c1-2-15-11(16)7-10(14-12(15)17)8-3-5-9(13)6-4-8/h3-7H,2H2,1H3,(H,14,17). The van der Waals surface area contributed by atoms with Gasteiger partial charge in [-0.2, -0.15) is 0 Å². The minimum absolute atomic E-state index is 0.283. The molecule has 0 aliphatic heterocycles. The van der Waals surface area contributed by atoms with Crippen LogP contribution in [-0.2, 0) is 6.54 Å². The molecule has 0 aliphatic carbocycles. The molecule has 2 rings (SSSR count). The molecule has 1 heterocycles. The monoisotopic (exact) mass is 294 g/mol. The van der Waals surface area contributed by atoms with E-state index in [4.69, 9.17) is 0 Å². The van der Waals surface area contributed by atoms with Crippen LogP contribution in [0.2, 0.25) is 0 Å². The van der Waals surface area contributed by atoms with Crippen LogP contribution in [0.5, 0.6) is 0 Å². The predicted octanol–water partition coefficient (Wildman–Crippen LogP) is 1.99. The van der Waals surface area contributed by atoms with Crippen LogP contribution in [0.4, 0.5) is 0 Å². The number of hydrogen-bond donors (Lipinski definition) is 1. The van der Waals surface area contributed by atoms with E-state index in [1.165, 1.54) is 6.07 Å². The van der Waals surface area contributed by atoms with Crippen molar-refractivity contribution in [2.45, 2.75) is 13.5 Å². The van der Waals surface area contributed by atoms with Gasteiger partial charge in [0.1, 0.15) is 0 Å². The number of halogens is 1. The highest BCUT2D eigenvalue weighted by atomic mass is 79.9. The molecule has 0 spiro atoms. The van der Waals surface area contributed by atoms with Crippen molar-refractivity contribution in [2.24, 2.45) is 0 Å². The van der Waals surface area contributed by atoms with Gasteiger partial charge >= 0.3 is 5.69 Å². The van der Waals surface area contributed by atoms with E-state index in [-0.39, 0.29) is 11.2 Å². The highest BCUT2D eigenvalue weighted by molar-refractivity contribution is 9.10. The van der Waals surface area contributed by atoms with Crippen LogP contribution >= 0.6 is 15.9 Å². The van der Waals surface area contributed by atoms with Crippen molar-refractivity contribution in [3.63, 3.8) is 0 Å². The van der Waals surface area contributed by atoms with E-state index in [0.29, 0.717) is 12.2 Å². The van der Waals surface area contributed by atoms with Crippen molar-refractivity contribution in [3.05, 3.63) is 55.6 Å². The number of aromatic amines is 1. The Labute approximate surface area is 106 Å². The average molecular weight is 295 g/mol. The number of hydrogen-bond acceptors (Lipinski definition) is 2. The Bertz CT molecular complexity index is 610. The van der Waals surface area contributed by atoms with Crippen molar-refractivity contribution < 1.29 is 0 Å². The minimum atomic E-state index is -0.377. The van der Waals surface area contributed by atoms with Gasteiger partial charge in [0.05, 0.1) is 5.69 Å². The van der Waals surface area contributed by atoms with Gasteiger partial charge in [-0.15, -0.1) is 0 Å². The molecule has 0 bridgehead atoms. The molecule has 0 amide bonds. The summed E-state index contributed by atoms with van der Waals surface area (Å²) in [6.07, 6.45) is 0. The van der Waals surface area contributed by atoms with Crippen molar-refractivity contribution in [3.8, 4) is 11.3 Å². The van der Waals surface area contributed by atoms with Crippen LogP contribution in [0, 0.1) is 0 Å². The first kappa shape index (κ1) is 11.9. The SMILES string of the molecule is CCn1c(=O)cc(-c2ccc(Br)cc2)[nH]c1=O. The molecule has 0 atom stereocenters. The Morgan fingerprint density at radius 1 is 1.24 bits per heavy atom. The molecule has 88 valence electrons. The van der Waals surface area contributed by atoms with Crippen molar-refractivity contribution in [1.29, 1.82) is 0 Å². The highest BCUT2D eigenvalue weighted by Gasteiger charge is 2.04. The quantitative estimate of drug-likeness (QED) is 0.921. The van der Waals surface area contributed by atoms with Gasteiger partial charge in [0.25, 0.3) is 5.56 Å². The van der Waals surface area contributed by atoms with Crippen molar-refractivity contribution in [1.82, 2.24) is 9.55 Å². The van der Waals surface area contributed by atoms with Crippen LogP contribution in [0.15, 0.2) is 44.4 Å². The summed E-state index contributed by atoms with van der Waals surface area (Å²) in [4.78, 5) is 26.0. The Morgan fingerprint density at radius 3 is 2.41 bits per heavy atom. The predicted molar refractivity (Wildman–Crippen MR) is 70.1 cm³/mol. The van der Waals surface area contributed by atoms with E-state index in [9.17, 15) is 9.59 Å². The smallest absolute Gasteiger partial charge is 0.307 e. The van der Waals surface area contributed by atoms with E-state index in [1.54, 1.807) is 6.92 Å². The third-order valence-corrected chi connectivity index (χ3v) is 3.02. The van der Waals surface area contributed by atoms with Crippen molar-refractivity contribution in [2.75, 3.05) is 0 Å². The van der Waals surface area contributed by atoms with Gasteiger partial charge < -0.3 is 4.98 Å². The van der Waals surface area contributed by atoms with Crippen LogP contribution in [0.25, 0.3) is 11.3 Å².